The van der Waals surface area contributed by atoms with Crippen molar-refractivity contribution >= 4 is 56.5 Å². The van der Waals surface area contributed by atoms with Crippen LogP contribution in [0.5, 0.6) is 0 Å². The number of H-pyrrole nitrogens is 1. The number of amides is 2. The van der Waals surface area contributed by atoms with Crippen LogP contribution >= 0.6 is 23.1 Å². The Bertz CT molecular complexity index is 1180. The molecule has 1 aliphatic carbocycles. The minimum Gasteiger partial charge on any atom is -0.326 e. The molecular formula is C21H22N4O3S2. The van der Waals surface area contributed by atoms with Gasteiger partial charge >= 0.3 is 0 Å². The Hall–Kier alpha value is -2.65. The number of aromatic nitrogens is 2. The van der Waals surface area contributed by atoms with Crippen molar-refractivity contribution in [3.05, 3.63) is 45.1 Å². The van der Waals surface area contributed by atoms with Gasteiger partial charge < -0.3 is 15.6 Å². The molecule has 7 nitrogen and oxygen atoms in total. The van der Waals surface area contributed by atoms with Gasteiger partial charge in [-0.2, -0.15) is 0 Å². The Morgan fingerprint density at radius 2 is 1.93 bits per heavy atom. The van der Waals surface area contributed by atoms with Gasteiger partial charge in [0.2, 0.25) is 11.8 Å². The quantitative estimate of drug-likeness (QED) is 0.410. The number of carbonyl (C=O) groups excluding carboxylic acids is 2. The minimum absolute atomic E-state index is 0.127. The predicted molar refractivity (Wildman–Crippen MR) is 122 cm³/mol. The van der Waals surface area contributed by atoms with Gasteiger partial charge in [-0.05, 0) is 56.4 Å². The number of benzene rings is 1. The Balaban J connectivity index is 1.49. The van der Waals surface area contributed by atoms with Crippen LogP contribution in [0.15, 0.2) is 34.2 Å². The van der Waals surface area contributed by atoms with E-state index >= 15 is 0 Å². The van der Waals surface area contributed by atoms with Gasteiger partial charge in [-0.25, -0.2) is 4.98 Å². The molecule has 0 saturated carbocycles. The number of aromatic amines is 1. The lowest BCUT2D eigenvalue weighted by atomic mass is 9.97. The summed E-state index contributed by atoms with van der Waals surface area (Å²) >= 11 is 2.81. The van der Waals surface area contributed by atoms with Crippen molar-refractivity contribution in [2.75, 3.05) is 10.6 Å². The van der Waals surface area contributed by atoms with Gasteiger partial charge in [0.15, 0.2) is 5.16 Å². The third kappa shape index (κ3) is 4.41. The van der Waals surface area contributed by atoms with E-state index in [4.69, 9.17) is 0 Å². The summed E-state index contributed by atoms with van der Waals surface area (Å²) in [5.41, 5.74) is 2.22. The highest BCUT2D eigenvalue weighted by Gasteiger charge is 2.22. The van der Waals surface area contributed by atoms with E-state index < -0.39 is 5.25 Å². The SMILES string of the molecule is CC(=O)Nc1cccc(NC(=O)C(C)Sc2nc3sc4c(c3c(=O)[nH]2)CCCC4)c1. The van der Waals surface area contributed by atoms with Crippen molar-refractivity contribution < 1.29 is 9.59 Å². The third-order valence-electron chi connectivity index (χ3n) is 4.91. The number of fused-ring (bicyclic) bond motifs is 3. The van der Waals surface area contributed by atoms with E-state index in [2.05, 4.69) is 20.6 Å². The normalized spacial score (nSPS) is 14.2. The summed E-state index contributed by atoms with van der Waals surface area (Å²) < 4.78 is 0. The fourth-order valence-corrected chi connectivity index (χ4v) is 5.66. The first-order valence-electron chi connectivity index (χ1n) is 9.80. The molecule has 0 fully saturated rings. The molecule has 1 aliphatic rings. The number of carbonyl (C=O) groups is 2. The highest BCUT2D eigenvalue weighted by molar-refractivity contribution is 8.00. The van der Waals surface area contributed by atoms with Crippen molar-refractivity contribution in [2.45, 2.75) is 49.9 Å². The molecule has 0 radical (unpaired) electrons. The zero-order valence-electron chi connectivity index (χ0n) is 16.7. The molecule has 2 aromatic heterocycles. The van der Waals surface area contributed by atoms with Crippen molar-refractivity contribution in [2.24, 2.45) is 0 Å². The molecule has 30 heavy (non-hydrogen) atoms. The number of hydrogen-bond donors (Lipinski definition) is 3. The number of thioether (sulfide) groups is 1. The van der Waals surface area contributed by atoms with Crippen molar-refractivity contribution in [3.63, 3.8) is 0 Å². The maximum Gasteiger partial charge on any atom is 0.260 e. The van der Waals surface area contributed by atoms with Crippen LogP contribution in [0.25, 0.3) is 10.2 Å². The van der Waals surface area contributed by atoms with Crippen LogP contribution in [0.1, 0.15) is 37.1 Å². The lowest BCUT2D eigenvalue weighted by Gasteiger charge is -2.12. The Kier molecular flexibility index (Phi) is 5.92. The third-order valence-corrected chi connectivity index (χ3v) is 7.08. The average molecular weight is 443 g/mol. The van der Waals surface area contributed by atoms with E-state index in [1.165, 1.54) is 23.6 Å². The predicted octanol–water partition coefficient (Wildman–Crippen LogP) is 3.94. The lowest BCUT2D eigenvalue weighted by molar-refractivity contribution is -0.115. The fraction of sp³-hybridized carbons (Fsp3) is 0.333. The molecule has 0 spiro atoms. The molecular weight excluding hydrogens is 420 g/mol. The molecule has 1 unspecified atom stereocenters. The van der Waals surface area contributed by atoms with E-state index in [1.54, 1.807) is 42.5 Å². The van der Waals surface area contributed by atoms with Gasteiger partial charge in [-0.3, -0.25) is 14.4 Å². The highest BCUT2D eigenvalue weighted by Crippen LogP contribution is 2.34. The molecule has 9 heteroatoms. The van der Waals surface area contributed by atoms with Crippen LogP contribution in [0.2, 0.25) is 0 Å². The number of aryl methyl sites for hydroxylation is 2. The monoisotopic (exact) mass is 442 g/mol. The van der Waals surface area contributed by atoms with E-state index in [1.807, 2.05) is 0 Å². The number of nitrogens with zero attached hydrogens (tertiary/aromatic N) is 1. The van der Waals surface area contributed by atoms with Gasteiger partial charge in [0, 0.05) is 23.2 Å². The van der Waals surface area contributed by atoms with Gasteiger partial charge in [-0.1, -0.05) is 17.8 Å². The lowest BCUT2D eigenvalue weighted by Crippen LogP contribution is -2.23. The van der Waals surface area contributed by atoms with Crippen LogP contribution in [0.3, 0.4) is 0 Å². The van der Waals surface area contributed by atoms with Crippen LogP contribution in [-0.2, 0) is 22.4 Å². The average Bonchev–Trinajstić information content (AvgIpc) is 3.06. The summed E-state index contributed by atoms with van der Waals surface area (Å²) in [7, 11) is 0. The fourth-order valence-electron chi connectivity index (χ4n) is 3.54. The molecule has 0 aliphatic heterocycles. The molecule has 0 bridgehead atoms. The van der Waals surface area contributed by atoms with Crippen LogP contribution in [0.4, 0.5) is 11.4 Å². The van der Waals surface area contributed by atoms with Crippen LogP contribution in [0, 0.1) is 0 Å². The summed E-state index contributed by atoms with van der Waals surface area (Å²) in [5.74, 6) is -0.392. The number of hydrogen-bond acceptors (Lipinski definition) is 6. The number of nitrogens with one attached hydrogen (secondary N) is 3. The summed E-state index contributed by atoms with van der Waals surface area (Å²) in [6.07, 6.45) is 4.20. The van der Waals surface area contributed by atoms with Crippen molar-refractivity contribution in [3.8, 4) is 0 Å². The van der Waals surface area contributed by atoms with Gasteiger partial charge in [0.1, 0.15) is 4.83 Å². The summed E-state index contributed by atoms with van der Waals surface area (Å²) in [4.78, 5) is 46.0. The zero-order chi connectivity index (χ0) is 21.3. The second kappa shape index (κ2) is 8.61. The molecule has 4 rings (SSSR count). The maximum absolute atomic E-state index is 12.7. The number of thiophene rings is 1. The molecule has 156 valence electrons. The van der Waals surface area contributed by atoms with Crippen LogP contribution < -0.4 is 16.2 Å². The van der Waals surface area contributed by atoms with E-state index in [0.717, 1.165) is 36.1 Å². The molecule has 2 heterocycles. The largest absolute Gasteiger partial charge is 0.326 e. The van der Waals surface area contributed by atoms with Crippen molar-refractivity contribution in [1.29, 1.82) is 0 Å². The standard InChI is InChI=1S/C21H22N4O3S2/c1-11(18(27)23-14-7-5-6-13(10-14)22-12(2)26)29-21-24-19(28)17-15-8-3-4-9-16(15)30-20(17)25-21/h5-7,10-11H,3-4,8-9H2,1-2H3,(H,22,26)(H,23,27)(H,24,25,28). The van der Waals surface area contributed by atoms with E-state index in [9.17, 15) is 14.4 Å². The minimum atomic E-state index is -0.468. The van der Waals surface area contributed by atoms with Gasteiger partial charge in [0.05, 0.1) is 10.6 Å². The van der Waals surface area contributed by atoms with E-state index in [0.29, 0.717) is 21.9 Å². The molecule has 0 saturated heterocycles. The first-order chi connectivity index (χ1) is 14.4. The molecule has 3 N–H and O–H groups in total. The smallest absolute Gasteiger partial charge is 0.260 e. The highest BCUT2D eigenvalue weighted by atomic mass is 32.2. The first kappa shape index (κ1) is 20.6. The molecule has 1 aromatic carbocycles. The van der Waals surface area contributed by atoms with E-state index in [-0.39, 0.29) is 17.4 Å². The number of anilines is 2. The molecule has 2 amide bonds. The summed E-state index contributed by atoms with van der Waals surface area (Å²) in [6.45, 7) is 3.19. The second-order valence-corrected chi connectivity index (χ2v) is 9.69. The Morgan fingerprint density at radius 1 is 1.20 bits per heavy atom. The van der Waals surface area contributed by atoms with Crippen LogP contribution in [-0.4, -0.2) is 27.0 Å². The summed E-state index contributed by atoms with van der Waals surface area (Å²) in [5, 5.41) is 6.22. The van der Waals surface area contributed by atoms with Gasteiger partial charge in [-0.15, -0.1) is 11.3 Å². The second-order valence-electron chi connectivity index (χ2n) is 7.27. The molecule has 1 atom stereocenters. The van der Waals surface area contributed by atoms with Gasteiger partial charge in [0.25, 0.3) is 5.56 Å². The summed E-state index contributed by atoms with van der Waals surface area (Å²) in [6, 6.07) is 6.95. The van der Waals surface area contributed by atoms with Crippen molar-refractivity contribution in [1.82, 2.24) is 9.97 Å². The Labute approximate surface area is 181 Å². The number of rotatable bonds is 5. The first-order valence-corrected chi connectivity index (χ1v) is 11.5. The molecule has 3 aromatic rings. The maximum atomic E-state index is 12.7. The topological polar surface area (TPSA) is 104 Å². The Morgan fingerprint density at radius 3 is 2.70 bits per heavy atom. The zero-order valence-corrected chi connectivity index (χ0v) is 18.3.